The van der Waals surface area contributed by atoms with E-state index in [1.165, 1.54) is 0 Å². The molecule has 86 valence electrons. The fourth-order valence-corrected chi connectivity index (χ4v) is 2.16. The fraction of sp³-hybridized carbons (Fsp3) is 0.583. The van der Waals surface area contributed by atoms with Gasteiger partial charge in [-0.25, -0.2) is 0 Å². The van der Waals surface area contributed by atoms with Gasteiger partial charge in [0.1, 0.15) is 11.6 Å². The van der Waals surface area contributed by atoms with Crippen LogP contribution in [0.2, 0.25) is 0 Å². The summed E-state index contributed by atoms with van der Waals surface area (Å²) in [5.41, 5.74) is 1.02. The summed E-state index contributed by atoms with van der Waals surface area (Å²) in [4.78, 5) is 22.7. The van der Waals surface area contributed by atoms with Gasteiger partial charge >= 0.3 is 0 Å². The van der Waals surface area contributed by atoms with Crippen LogP contribution in [0, 0.1) is 0 Å². The van der Waals surface area contributed by atoms with Crippen LogP contribution < -0.4 is 0 Å². The Kier molecular flexibility index (Phi) is 3.17. The molecule has 0 spiro atoms. The van der Waals surface area contributed by atoms with E-state index in [1.54, 1.807) is 6.20 Å². The average Bonchev–Trinajstić information content (AvgIpc) is 2.65. The van der Waals surface area contributed by atoms with Crippen LogP contribution >= 0.6 is 0 Å². The smallest absolute Gasteiger partial charge is 0.140 e. The van der Waals surface area contributed by atoms with Gasteiger partial charge in [-0.1, -0.05) is 6.92 Å². The zero-order chi connectivity index (χ0) is 11.5. The number of rotatable bonds is 3. The second kappa shape index (κ2) is 4.60. The number of hydrogen-bond acceptors (Lipinski definition) is 3. The molecule has 0 amide bonds. The third-order valence-corrected chi connectivity index (χ3v) is 2.92. The van der Waals surface area contributed by atoms with Gasteiger partial charge < -0.3 is 0 Å². The van der Waals surface area contributed by atoms with Crippen LogP contribution in [0.15, 0.2) is 12.4 Å². The molecule has 0 aliphatic heterocycles. The van der Waals surface area contributed by atoms with Crippen molar-refractivity contribution < 1.29 is 9.59 Å². The number of hydrogen-bond donors (Lipinski definition) is 0. The zero-order valence-corrected chi connectivity index (χ0v) is 9.48. The molecule has 0 atom stereocenters. The number of Topliss-reactive ketones (excluding diaryl/α,β-unsaturated/α-hetero) is 2. The Morgan fingerprint density at radius 2 is 2.06 bits per heavy atom. The molecule has 1 saturated carbocycles. The molecule has 0 aromatic carbocycles. The molecule has 1 heterocycles. The van der Waals surface area contributed by atoms with Crippen molar-refractivity contribution in [2.45, 2.75) is 45.1 Å². The minimum absolute atomic E-state index is 0.0550. The standard InChI is InChI=1S/C12H16N2O2/c1-2-3-14-8-10(7-13-14)9-4-11(15)6-12(16)5-9/h7-9H,2-6H2,1H3. The van der Waals surface area contributed by atoms with Gasteiger partial charge in [-0.15, -0.1) is 0 Å². The van der Waals surface area contributed by atoms with Crippen molar-refractivity contribution in [1.82, 2.24) is 9.78 Å². The van der Waals surface area contributed by atoms with Crippen molar-refractivity contribution in [3.63, 3.8) is 0 Å². The molecule has 1 fully saturated rings. The summed E-state index contributed by atoms with van der Waals surface area (Å²) in [5.74, 6) is 0.174. The maximum Gasteiger partial charge on any atom is 0.140 e. The SMILES string of the molecule is CCCn1cc(C2CC(=O)CC(=O)C2)cn1. The Balaban J connectivity index is 2.10. The molecule has 0 N–H and O–H groups in total. The van der Waals surface area contributed by atoms with E-state index in [1.807, 2.05) is 10.9 Å². The number of ketones is 2. The Bertz CT molecular complexity index is 393. The van der Waals surface area contributed by atoms with E-state index in [9.17, 15) is 9.59 Å². The van der Waals surface area contributed by atoms with Crippen molar-refractivity contribution in [3.05, 3.63) is 18.0 Å². The van der Waals surface area contributed by atoms with Gasteiger partial charge in [0.05, 0.1) is 12.6 Å². The van der Waals surface area contributed by atoms with Crippen molar-refractivity contribution in [2.75, 3.05) is 0 Å². The lowest BCUT2D eigenvalue weighted by atomic mass is 9.84. The second-order valence-electron chi connectivity index (χ2n) is 4.40. The first-order chi connectivity index (χ1) is 7.69. The molecule has 0 unspecified atom stereocenters. The van der Waals surface area contributed by atoms with Crippen LogP contribution in [-0.2, 0) is 16.1 Å². The van der Waals surface area contributed by atoms with Gasteiger partial charge in [0.15, 0.2) is 0 Å². The van der Waals surface area contributed by atoms with Gasteiger partial charge in [-0.05, 0) is 12.0 Å². The van der Waals surface area contributed by atoms with Crippen molar-refractivity contribution >= 4 is 11.6 Å². The first-order valence-electron chi connectivity index (χ1n) is 5.74. The molecule has 0 saturated heterocycles. The third-order valence-electron chi connectivity index (χ3n) is 2.92. The summed E-state index contributed by atoms with van der Waals surface area (Å²) in [6.45, 7) is 2.98. The first kappa shape index (κ1) is 11.0. The number of nitrogens with zero attached hydrogens (tertiary/aromatic N) is 2. The Labute approximate surface area is 94.6 Å². The number of aryl methyl sites for hydroxylation is 1. The molecule has 2 rings (SSSR count). The van der Waals surface area contributed by atoms with Crippen LogP contribution in [0.4, 0.5) is 0 Å². The minimum atomic E-state index is 0.0550. The molecule has 1 aliphatic carbocycles. The first-order valence-corrected chi connectivity index (χ1v) is 5.74. The monoisotopic (exact) mass is 220 g/mol. The zero-order valence-electron chi connectivity index (χ0n) is 9.48. The second-order valence-corrected chi connectivity index (χ2v) is 4.40. The quantitative estimate of drug-likeness (QED) is 0.728. The van der Waals surface area contributed by atoms with Gasteiger partial charge in [-0.2, -0.15) is 5.10 Å². The fourth-order valence-electron chi connectivity index (χ4n) is 2.16. The van der Waals surface area contributed by atoms with Crippen LogP contribution in [0.5, 0.6) is 0 Å². The summed E-state index contributed by atoms with van der Waals surface area (Å²) in [7, 11) is 0. The molecule has 1 aromatic rings. The number of carbonyl (C=O) groups excluding carboxylic acids is 2. The van der Waals surface area contributed by atoms with Crippen LogP contribution in [0.1, 0.15) is 44.1 Å². The maximum absolute atomic E-state index is 11.3. The summed E-state index contributed by atoms with van der Waals surface area (Å²) >= 11 is 0. The molecule has 4 nitrogen and oxygen atoms in total. The molecule has 1 aliphatic rings. The van der Waals surface area contributed by atoms with E-state index in [4.69, 9.17) is 0 Å². The van der Waals surface area contributed by atoms with Crippen molar-refractivity contribution in [1.29, 1.82) is 0 Å². The van der Waals surface area contributed by atoms with Crippen LogP contribution in [-0.4, -0.2) is 21.3 Å². The van der Waals surface area contributed by atoms with E-state index < -0.39 is 0 Å². The Morgan fingerprint density at radius 3 is 2.69 bits per heavy atom. The highest BCUT2D eigenvalue weighted by molar-refractivity contribution is 6.02. The molecular weight excluding hydrogens is 204 g/mol. The molecule has 0 radical (unpaired) electrons. The molecular formula is C12H16N2O2. The molecule has 0 bridgehead atoms. The highest BCUT2D eigenvalue weighted by Gasteiger charge is 2.27. The summed E-state index contributed by atoms with van der Waals surface area (Å²) in [6, 6.07) is 0. The van der Waals surface area contributed by atoms with E-state index in [0.717, 1.165) is 18.5 Å². The predicted molar refractivity (Wildman–Crippen MR) is 59.1 cm³/mol. The third kappa shape index (κ3) is 2.38. The summed E-state index contributed by atoms with van der Waals surface area (Å²) in [6.07, 6.45) is 5.88. The number of carbonyl (C=O) groups is 2. The van der Waals surface area contributed by atoms with Gasteiger partial charge in [0, 0.05) is 31.5 Å². The molecule has 1 aromatic heterocycles. The maximum atomic E-state index is 11.3. The average molecular weight is 220 g/mol. The van der Waals surface area contributed by atoms with Gasteiger partial charge in [-0.3, -0.25) is 14.3 Å². The van der Waals surface area contributed by atoms with E-state index in [0.29, 0.717) is 12.8 Å². The highest BCUT2D eigenvalue weighted by atomic mass is 16.1. The predicted octanol–water partition coefficient (Wildman–Crippen LogP) is 1.70. The van der Waals surface area contributed by atoms with E-state index in [2.05, 4.69) is 12.0 Å². The van der Waals surface area contributed by atoms with Gasteiger partial charge in [0.25, 0.3) is 0 Å². The van der Waals surface area contributed by atoms with E-state index in [-0.39, 0.29) is 23.9 Å². The Hall–Kier alpha value is -1.45. The lowest BCUT2D eigenvalue weighted by Crippen LogP contribution is -2.21. The highest BCUT2D eigenvalue weighted by Crippen LogP contribution is 2.28. The van der Waals surface area contributed by atoms with Crippen LogP contribution in [0.3, 0.4) is 0 Å². The topological polar surface area (TPSA) is 52.0 Å². The summed E-state index contributed by atoms with van der Waals surface area (Å²) in [5, 5.41) is 4.23. The van der Waals surface area contributed by atoms with Crippen molar-refractivity contribution in [2.24, 2.45) is 0 Å². The lowest BCUT2D eigenvalue weighted by molar-refractivity contribution is -0.130. The minimum Gasteiger partial charge on any atom is -0.299 e. The van der Waals surface area contributed by atoms with Crippen LogP contribution in [0.25, 0.3) is 0 Å². The van der Waals surface area contributed by atoms with E-state index >= 15 is 0 Å². The van der Waals surface area contributed by atoms with Crippen molar-refractivity contribution in [3.8, 4) is 0 Å². The Morgan fingerprint density at radius 1 is 1.38 bits per heavy atom. The normalized spacial score (nSPS) is 18.1. The number of aromatic nitrogens is 2. The van der Waals surface area contributed by atoms with Gasteiger partial charge in [0.2, 0.25) is 0 Å². The summed E-state index contributed by atoms with van der Waals surface area (Å²) < 4.78 is 1.87. The largest absolute Gasteiger partial charge is 0.299 e. The lowest BCUT2D eigenvalue weighted by Gasteiger charge is -2.18. The molecule has 16 heavy (non-hydrogen) atoms. The molecule has 4 heteroatoms.